The van der Waals surface area contributed by atoms with Gasteiger partial charge in [0.25, 0.3) is 0 Å². The number of pyridine rings is 1. The lowest BCUT2D eigenvalue weighted by atomic mass is 10.2. The summed E-state index contributed by atoms with van der Waals surface area (Å²) in [4.78, 5) is 4.87. The first kappa shape index (κ1) is 16.7. The summed E-state index contributed by atoms with van der Waals surface area (Å²) in [5.41, 5.74) is 1.37. The molecular formula is C16H12F2N2O2S2. The zero-order chi connectivity index (χ0) is 17.2. The van der Waals surface area contributed by atoms with E-state index < -0.39 is 21.7 Å². The van der Waals surface area contributed by atoms with Gasteiger partial charge in [-0.1, -0.05) is 12.1 Å². The van der Waals surface area contributed by atoms with Crippen LogP contribution in [0, 0.1) is 11.6 Å². The van der Waals surface area contributed by atoms with Crippen LogP contribution in [0.1, 0.15) is 5.56 Å². The largest absolute Gasteiger partial charge is 0.255 e. The Kier molecular flexibility index (Phi) is 4.70. The standard InChI is InChI=1S/C16H12F2N2O2S2/c17-13-6-5-12(9-14(13)18)24(21,22)20-10-11-3-1-7-19-16(11)15-4-2-8-23-15/h1-9,20H,10H2. The maximum absolute atomic E-state index is 13.2. The zero-order valence-corrected chi connectivity index (χ0v) is 13.9. The maximum atomic E-state index is 13.2. The van der Waals surface area contributed by atoms with E-state index in [0.717, 1.165) is 17.0 Å². The van der Waals surface area contributed by atoms with E-state index in [1.54, 1.807) is 18.3 Å². The number of hydrogen-bond donors (Lipinski definition) is 1. The minimum Gasteiger partial charge on any atom is -0.255 e. The average Bonchev–Trinajstić information content (AvgIpc) is 3.10. The molecular weight excluding hydrogens is 354 g/mol. The Bertz CT molecular complexity index is 958. The zero-order valence-electron chi connectivity index (χ0n) is 12.2. The summed E-state index contributed by atoms with van der Waals surface area (Å²) < 4.78 is 53.1. The Hall–Kier alpha value is -2.16. The lowest BCUT2D eigenvalue weighted by molar-refractivity contribution is 0.504. The van der Waals surface area contributed by atoms with Crippen LogP contribution in [0.4, 0.5) is 8.78 Å². The van der Waals surface area contributed by atoms with Gasteiger partial charge in [-0.05, 0) is 41.3 Å². The predicted octanol–water partition coefficient (Wildman–Crippen LogP) is 3.57. The molecule has 2 heterocycles. The van der Waals surface area contributed by atoms with E-state index in [4.69, 9.17) is 0 Å². The molecule has 0 saturated carbocycles. The molecule has 0 aliphatic heterocycles. The van der Waals surface area contributed by atoms with Crippen molar-refractivity contribution in [2.24, 2.45) is 0 Å². The van der Waals surface area contributed by atoms with Crippen molar-refractivity contribution in [3.05, 3.63) is 71.2 Å². The van der Waals surface area contributed by atoms with Crippen LogP contribution in [0.2, 0.25) is 0 Å². The molecule has 4 nitrogen and oxygen atoms in total. The number of sulfonamides is 1. The molecule has 0 saturated heterocycles. The first-order chi connectivity index (χ1) is 11.5. The van der Waals surface area contributed by atoms with Gasteiger partial charge in [0, 0.05) is 12.7 Å². The number of thiophene rings is 1. The number of benzene rings is 1. The molecule has 0 spiro atoms. The fourth-order valence-electron chi connectivity index (χ4n) is 2.12. The molecule has 0 fully saturated rings. The molecule has 3 aromatic rings. The monoisotopic (exact) mass is 366 g/mol. The molecule has 2 aromatic heterocycles. The lowest BCUT2D eigenvalue weighted by Crippen LogP contribution is -2.23. The smallest absolute Gasteiger partial charge is 0.240 e. The van der Waals surface area contributed by atoms with Gasteiger partial charge < -0.3 is 0 Å². The third kappa shape index (κ3) is 3.50. The Morgan fingerprint density at radius 1 is 1.08 bits per heavy atom. The van der Waals surface area contributed by atoms with Crippen molar-refractivity contribution in [3.8, 4) is 10.6 Å². The van der Waals surface area contributed by atoms with E-state index in [0.29, 0.717) is 17.3 Å². The van der Waals surface area contributed by atoms with Gasteiger partial charge in [0.15, 0.2) is 11.6 Å². The molecule has 3 rings (SSSR count). The normalized spacial score (nSPS) is 11.6. The second-order valence-corrected chi connectivity index (χ2v) is 7.60. The molecule has 0 aliphatic carbocycles. The first-order valence-corrected chi connectivity index (χ1v) is 9.26. The summed E-state index contributed by atoms with van der Waals surface area (Å²) in [5, 5.41) is 1.90. The highest BCUT2D eigenvalue weighted by molar-refractivity contribution is 7.89. The third-order valence-electron chi connectivity index (χ3n) is 3.30. The molecule has 8 heteroatoms. The predicted molar refractivity (Wildman–Crippen MR) is 87.9 cm³/mol. The Morgan fingerprint density at radius 3 is 2.62 bits per heavy atom. The van der Waals surface area contributed by atoms with E-state index in [9.17, 15) is 17.2 Å². The minimum absolute atomic E-state index is 0.0115. The van der Waals surface area contributed by atoms with Gasteiger partial charge in [-0.2, -0.15) is 0 Å². The van der Waals surface area contributed by atoms with E-state index in [1.807, 2.05) is 17.5 Å². The molecule has 0 bridgehead atoms. The maximum Gasteiger partial charge on any atom is 0.240 e. The molecule has 0 atom stereocenters. The van der Waals surface area contributed by atoms with Crippen LogP contribution in [-0.2, 0) is 16.6 Å². The Morgan fingerprint density at radius 2 is 1.92 bits per heavy atom. The third-order valence-corrected chi connectivity index (χ3v) is 5.58. The van der Waals surface area contributed by atoms with Gasteiger partial charge in [-0.25, -0.2) is 21.9 Å². The van der Waals surface area contributed by atoms with Gasteiger partial charge in [-0.15, -0.1) is 11.3 Å². The van der Waals surface area contributed by atoms with Crippen molar-refractivity contribution in [2.45, 2.75) is 11.4 Å². The molecule has 0 aliphatic rings. The van der Waals surface area contributed by atoms with Crippen LogP contribution in [0.3, 0.4) is 0 Å². The topological polar surface area (TPSA) is 59.1 Å². The van der Waals surface area contributed by atoms with Crippen molar-refractivity contribution in [3.63, 3.8) is 0 Å². The van der Waals surface area contributed by atoms with Gasteiger partial charge in [0.1, 0.15) is 0 Å². The Labute approximate surface area is 141 Å². The van der Waals surface area contributed by atoms with Crippen molar-refractivity contribution < 1.29 is 17.2 Å². The highest BCUT2D eigenvalue weighted by atomic mass is 32.2. The summed E-state index contributed by atoms with van der Waals surface area (Å²) in [6, 6.07) is 9.69. The molecule has 1 aromatic carbocycles. The fourth-order valence-corrected chi connectivity index (χ4v) is 3.89. The Balaban J connectivity index is 1.84. The number of rotatable bonds is 5. The summed E-state index contributed by atoms with van der Waals surface area (Å²) >= 11 is 1.49. The number of hydrogen-bond acceptors (Lipinski definition) is 4. The van der Waals surface area contributed by atoms with Gasteiger partial charge in [0.05, 0.1) is 15.5 Å². The van der Waals surface area contributed by atoms with Gasteiger partial charge >= 0.3 is 0 Å². The van der Waals surface area contributed by atoms with Crippen LogP contribution >= 0.6 is 11.3 Å². The second kappa shape index (κ2) is 6.76. The highest BCUT2D eigenvalue weighted by Gasteiger charge is 2.17. The van der Waals surface area contributed by atoms with Crippen LogP contribution in [0.15, 0.2) is 58.9 Å². The number of nitrogens with one attached hydrogen (secondary N) is 1. The van der Waals surface area contributed by atoms with Crippen LogP contribution in [-0.4, -0.2) is 13.4 Å². The average molecular weight is 366 g/mol. The minimum atomic E-state index is -3.96. The van der Waals surface area contributed by atoms with Crippen molar-refractivity contribution in [1.82, 2.24) is 9.71 Å². The number of halogens is 2. The first-order valence-electron chi connectivity index (χ1n) is 6.90. The summed E-state index contributed by atoms with van der Waals surface area (Å²) in [7, 11) is -3.96. The molecule has 124 valence electrons. The summed E-state index contributed by atoms with van der Waals surface area (Å²) in [6.07, 6.45) is 1.63. The van der Waals surface area contributed by atoms with Crippen LogP contribution in [0.25, 0.3) is 10.6 Å². The molecule has 0 amide bonds. The fraction of sp³-hybridized carbons (Fsp3) is 0.0625. The van der Waals surface area contributed by atoms with Crippen molar-refractivity contribution >= 4 is 21.4 Å². The van der Waals surface area contributed by atoms with E-state index >= 15 is 0 Å². The number of aromatic nitrogens is 1. The second-order valence-electron chi connectivity index (χ2n) is 4.89. The summed E-state index contributed by atoms with van der Waals surface area (Å²) in [6.45, 7) is -0.0115. The van der Waals surface area contributed by atoms with Gasteiger partial charge in [-0.3, -0.25) is 4.98 Å². The van der Waals surface area contributed by atoms with Crippen molar-refractivity contribution in [2.75, 3.05) is 0 Å². The van der Waals surface area contributed by atoms with E-state index in [1.165, 1.54) is 11.3 Å². The molecule has 1 N–H and O–H groups in total. The van der Waals surface area contributed by atoms with Crippen molar-refractivity contribution in [1.29, 1.82) is 0 Å². The lowest BCUT2D eigenvalue weighted by Gasteiger charge is -2.10. The number of nitrogens with zero attached hydrogens (tertiary/aromatic N) is 1. The van der Waals surface area contributed by atoms with E-state index in [-0.39, 0.29) is 11.4 Å². The SMILES string of the molecule is O=S(=O)(NCc1cccnc1-c1cccs1)c1ccc(F)c(F)c1. The van der Waals surface area contributed by atoms with Gasteiger partial charge in [0.2, 0.25) is 10.0 Å². The van der Waals surface area contributed by atoms with Crippen LogP contribution < -0.4 is 4.72 Å². The summed E-state index contributed by atoms with van der Waals surface area (Å²) in [5.74, 6) is -2.31. The highest BCUT2D eigenvalue weighted by Crippen LogP contribution is 2.26. The molecule has 0 radical (unpaired) electrons. The quantitative estimate of drug-likeness (QED) is 0.751. The van der Waals surface area contributed by atoms with Crippen LogP contribution in [0.5, 0.6) is 0 Å². The molecule has 24 heavy (non-hydrogen) atoms. The molecule has 0 unspecified atom stereocenters. The van der Waals surface area contributed by atoms with E-state index in [2.05, 4.69) is 9.71 Å².